The second-order valence-corrected chi connectivity index (χ2v) is 8.55. The molecule has 0 bridgehead atoms. The average Bonchev–Trinajstić information content (AvgIpc) is 3.48. The largest absolute Gasteiger partial charge is 0.291 e. The van der Waals surface area contributed by atoms with Gasteiger partial charge in [0.1, 0.15) is 5.92 Å². The first-order chi connectivity index (χ1) is 14.3. The quantitative estimate of drug-likeness (QED) is 0.430. The van der Waals surface area contributed by atoms with Crippen molar-refractivity contribution in [1.29, 1.82) is 0 Å². The number of carbonyl (C=O) groups is 1. The Labute approximate surface area is 175 Å². The van der Waals surface area contributed by atoms with Gasteiger partial charge in [-0.05, 0) is 29.1 Å². The van der Waals surface area contributed by atoms with Crippen LogP contribution in [0.4, 0.5) is 5.13 Å². The van der Waals surface area contributed by atoms with Gasteiger partial charge in [-0.2, -0.15) is 10.1 Å². The molecule has 0 saturated heterocycles. The van der Waals surface area contributed by atoms with Crippen LogP contribution in [0, 0.1) is 5.92 Å². The molecule has 0 radical (unpaired) electrons. The number of thiazole rings is 1. The van der Waals surface area contributed by atoms with E-state index in [2.05, 4.69) is 15.1 Å². The van der Waals surface area contributed by atoms with Crippen molar-refractivity contribution in [2.75, 3.05) is 5.01 Å². The molecular weight excluding hydrogens is 400 g/mol. The van der Waals surface area contributed by atoms with Gasteiger partial charge >= 0.3 is 0 Å². The van der Waals surface area contributed by atoms with Gasteiger partial charge in [0.15, 0.2) is 0 Å². The Morgan fingerprint density at radius 2 is 1.86 bits per heavy atom. The molecule has 3 heterocycles. The summed E-state index contributed by atoms with van der Waals surface area (Å²) < 4.78 is 1.03. The van der Waals surface area contributed by atoms with Gasteiger partial charge in [0.2, 0.25) is 5.13 Å². The summed E-state index contributed by atoms with van der Waals surface area (Å²) in [7, 11) is 0. The van der Waals surface area contributed by atoms with Gasteiger partial charge in [-0.1, -0.05) is 59.9 Å². The molecule has 0 fully saturated rings. The number of amides is 1. The molecule has 4 aromatic rings. The summed E-state index contributed by atoms with van der Waals surface area (Å²) in [5.41, 5.74) is 2.48. The fraction of sp³-hybridized carbons (Fsp3) is 0.0909. The Kier molecular flexibility index (Phi) is 4.75. The summed E-state index contributed by atoms with van der Waals surface area (Å²) >= 11 is 3.12. The van der Waals surface area contributed by atoms with E-state index < -0.39 is 5.92 Å². The Morgan fingerprint density at radius 3 is 2.66 bits per heavy atom. The fourth-order valence-electron chi connectivity index (χ4n) is 3.19. The molecular formula is C22H16N4OS2. The van der Waals surface area contributed by atoms with Gasteiger partial charge in [0.05, 0.1) is 22.5 Å². The van der Waals surface area contributed by atoms with Gasteiger partial charge in [-0.25, -0.2) is 4.98 Å². The van der Waals surface area contributed by atoms with Crippen LogP contribution < -0.4 is 5.01 Å². The van der Waals surface area contributed by atoms with E-state index in [-0.39, 0.29) is 5.91 Å². The molecule has 1 aliphatic rings. The van der Waals surface area contributed by atoms with Gasteiger partial charge in [-0.3, -0.25) is 9.79 Å². The molecule has 0 saturated carbocycles. The monoisotopic (exact) mass is 416 g/mol. The molecule has 5 nitrogen and oxygen atoms in total. The maximum Gasteiger partial charge on any atom is 0.264 e. The van der Waals surface area contributed by atoms with Crippen LogP contribution in [0.15, 0.2) is 82.2 Å². The number of rotatable bonds is 5. The van der Waals surface area contributed by atoms with Gasteiger partial charge in [0, 0.05) is 11.1 Å². The first-order valence-corrected chi connectivity index (χ1v) is 10.8. The lowest BCUT2D eigenvalue weighted by atomic mass is 9.98. The summed E-state index contributed by atoms with van der Waals surface area (Å²) in [4.78, 5) is 23.5. The van der Waals surface area contributed by atoms with Crippen molar-refractivity contribution in [2.24, 2.45) is 16.0 Å². The van der Waals surface area contributed by atoms with Crippen LogP contribution in [0.1, 0.15) is 10.4 Å². The molecule has 7 heteroatoms. The molecule has 0 aliphatic carbocycles. The third-order valence-corrected chi connectivity index (χ3v) is 6.47. The van der Waals surface area contributed by atoms with Gasteiger partial charge in [0.25, 0.3) is 5.91 Å². The van der Waals surface area contributed by atoms with Crippen LogP contribution in [0.5, 0.6) is 0 Å². The van der Waals surface area contributed by atoms with Gasteiger partial charge < -0.3 is 0 Å². The number of nitrogens with zero attached hydrogens (tertiary/aromatic N) is 4. The number of benzene rings is 2. The van der Waals surface area contributed by atoms with E-state index in [1.165, 1.54) is 16.3 Å². The molecule has 142 valence electrons. The molecule has 0 N–H and O–H groups in total. The predicted molar refractivity (Wildman–Crippen MR) is 120 cm³/mol. The number of hydrazone groups is 1. The summed E-state index contributed by atoms with van der Waals surface area (Å²) in [5.74, 6) is -0.651. The second-order valence-electron chi connectivity index (χ2n) is 6.51. The standard InChI is InChI=1S/C22H16N4OS2/c27-21-17(14-23-13-16-9-6-12-28-16)20(15-7-2-1-3-8-15)25-26(21)22-24-18-10-4-5-11-19(18)29-22/h1-12,14,17H,13H2. The lowest BCUT2D eigenvalue weighted by molar-refractivity contribution is -0.118. The van der Waals surface area contributed by atoms with Crippen molar-refractivity contribution < 1.29 is 4.79 Å². The molecule has 2 aromatic heterocycles. The summed E-state index contributed by atoms with van der Waals surface area (Å²) in [5, 5.41) is 8.69. The van der Waals surface area contributed by atoms with Crippen molar-refractivity contribution in [3.63, 3.8) is 0 Å². The zero-order chi connectivity index (χ0) is 19.6. The van der Waals surface area contributed by atoms with E-state index in [4.69, 9.17) is 0 Å². The molecule has 1 amide bonds. The number of carbonyl (C=O) groups excluding carboxylic acids is 1. The number of hydrogen-bond donors (Lipinski definition) is 0. The average molecular weight is 417 g/mol. The second kappa shape index (κ2) is 7.69. The van der Waals surface area contributed by atoms with Gasteiger partial charge in [-0.15, -0.1) is 11.3 Å². The Morgan fingerprint density at radius 1 is 1.03 bits per heavy atom. The normalized spacial score (nSPS) is 16.8. The van der Waals surface area contributed by atoms with Crippen LogP contribution in [0.25, 0.3) is 10.2 Å². The third-order valence-electron chi connectivity index (χ3n) is 4.59. The van der Waals surface area contributed by atoms with Crippen LogP contribution in [0.2, 0.25) is 0 Å². The van der Waals surface area contributed by atoms with Crippen molar-refractivity contribution in [2.45, 2.75) is 6.54 Å². The SMILES string of the molecule is O=C1C(C=NCc2cccs2)C(c2ccccc2)=NN1c1nc2ccccc2s1. The van der Waals surface area contributed by atoms with E-state index >= 15 is 0 Å². The lowest BCUT2D eigenvalue weighted by Crippen LogP contribution is -2.28. The highest BCUT2D eigenvalue weighted by Crippen LogP contribution is 2.33. The summed E-state index contributed by atoms with van der Waals surface area (Å²) in [6.07, 6.45) is 1.72. The van der Waals surface area contributed by atoms with E-state index in [0.717, 1.165) is 20.7 Å². The van der Waals surface area contributed by atoms with E-state index in [0.29, 0.717) is 17.4 Å². The fourth-order valence-corrected chi connectivity index (χ4v) is 4.75. The molecule has 0 spiro atoms. The van der Waals surface area contributed by atoms with Crippen LogP contribution >= 0.6 is 22.7 Å². The Hall–Kier alpha value is -3.16. The van der Waals surface area contributed by atoms with E-state index in [1.54, 1.807) is 17.6 Å². The molecule has 2 aromatic carbocycles. The molecule has 1 atom stereocenters. The maximum atomic E-state index is 13.2. The molecule has 1 aliphatic heterocycles. The maximum absolute atomic E-state index is 13.2. The Balaban J connectivity index is 1.50. The lowest BCUT2D eigenvalue weighted by Gasteiger charge is -2.08. The highest BCUT2D eigenvalue weighted by atomic mass is 32.1. The minimum atomic E-state index is -0.524. The minimum absolute atomic E-state index is 0.127. The highest BCUT2D eigenvalue weighted by Gasteiger charge is 2.37. The molecule has 1 unspecified atom stereocenters. The van der Waals surface area contributed by atoms with Crippen molar-refractivity contribution >= 4 is 55.9 Å². The topological polar surface area (TPSA) is 57.9 Å². The van der Waals surface area contributed by atoms with Crippen molar-refractivity contribution in [3.8, 4) is 0 Å². The van der Waals surface area contributed by atoms with Crippen molar-refractivity contribution in [1.82, 2.24) is 4.98 Å². The van der Waals surface area contributed by atoms with E-state index in [9.17, 15) is 4.79 Å². The predicted octanol–water partition coefficient (Wildman–Crippen LogP) is 5.00. The number of hydrogen-bond acceptors (Lipinski definition) is 6. The summed E-state index contributed by atoms with van der Waals surface area (Å²) in [6, 6.07) is 21.7. The van der Waals surface area contributed by atoms with Crippen LogP contribution in [-0.4, -0.2) is 22.8 Å². The number of aromatic nitrogens is 1. The number of para-hydroxylation sites is 1. The first-order valence-electron chi connectivity index (χ1n) is 9.15. The van der Waals surface area contributed by atoms with Crippen LogP contribution in [-0.2, 0) is 11.3 Å². The molecule has 29 heavy (non-hydrogen) atoms. The van der Waals surface area contributed by atoms with Crippen LogP contribution in [0.3, 0.4) is 0 Å². The Bertz CT molecular complexity index is 1180. The highest BCUT2D eigenvalue weighted by molar-refractivity contribution is 7.22. The zero-order valence-corrected chi connectivity index (χ0v) is 16.9. The summed E-state index contributed by atoms with van der Waals surface area (Å²) in [6.45, 7) is 0.560. The molecule has 5 rings (SSSR count). The zero-order valence-electron chi connectivity index (χ0n) is 15.3. The smallest absolute Gasteiger partial charge is 0.264 e. The number of anilines is 1. The minimum Gasteiger partial charge on any atom is -0.291 e. The number of thiophene rings is 1. The van der Waals surface area contributed by atoms with E-state index in [1.807, 2.05) is 72.1 Å². The number of aliphatic imine (C=N–C) groups is 1. The first kappa shape index (κ1) is 17.9. The third kappa shape index (κ3) is 3.50. The van der Waals surface area contributed by atoms with Crippen molar-refractivity contribution in [3.05, 3.63) is 82.6 Å². The number of fused-ring (bicyclic) bond motifs is 1.